The van der Waals surface area contributed by atoms with Gasteiger partial charge in [0.2, 0.25) is 0 Å². The molecule has 76 valence electrons. The standard InChI is InChI=1S/C8H6IN5O/c1-15-8-11-6-4(5(9)12-13-6)7-10-2-3-14(7)8/h2-3H,1H3,(H,12,13). The summed E-state index contributed by atoms with van der Waals surface area (Å²) in [6.07, 6.45) is 3.52. The minimum Gasteiger partial charge on any atom is -0.468 e. The Hall–Kier alpha value is -1.38. The Morgan fingerprint density at radius 3 is 3.20 bits per heavy atom. The number of halogens is 1. The first kappa shape index (κ1) is 8.89. The molecule has 15 heavy (non-hydrogen) atoms. The number of methoxy groups -OCH3 is 1. The zero-order valence-electron chi connectivity index (χ0n) is 7.73. The van der Waals surface area contributed by atoms with Crippen molar-refractivity contribution in [2.75, 3.05) is 7.11 Å². The molecule has 0 amide bonds. The molecule has 0 saturated heterocycles. The summed E-state index contributed by atoms with van der Waals surface area (Å²) in [7, 11) is 1.58. The molecule has 0 bridgehead atoms. The number of aromatic amines is 1. The van der Waals surface area contributed by atoms with E-state index in [1.807, 2.05) is 6.20 Å². The molecular formula is C8H6IN5O. The molecule has 3 aromatic rings. The lowest BCUT2D eigenvalue weighted by molar-refractivity contribution is 0.376. The van der Waals surface area contributed by atoms with Crippen LogP contribution in [0.2, 0.25) is 0 Å². The van der Waals surface area contributed by atoms with E-state index in [1.165, 1.54) is 0 Å². The number of nitrogens with zero attached hydrogens (tertiary/aromatic N) is 4. The van der Waals surface area contributed by atoms with Crippen LogP contribution in [0.5, 0.6) is 6.01 Å². The lowest BCUT2D eigenvalue weighted by Gasteiger charge is -2.02. The van der Waals surface area contributed by atoms with Crippen molar-refractivity contribution in [3.8, 4) is 6.01 Å². The van der Waals surface area contributed by atoms with Gasteiger partial charge in [-0.3, -0.25) is 9.50 Å². The molecule has 3 heterocycles. The predicted octanol–water partition coefficient (Wildman–Crippen LogP) is 1.22. The second kappa shape index (κ2) is 3.05. The van der Waals surface area contributed by atoms with Crippen molar-refractivity contribution in [3.05, 3.63) is 16.1 Å². The molecule has 0 aliphatic rings. The number of fused-ring (bicyclic) bond motifs is 3. The number of hydrogen-bond acceptors (Lipinski definition) is 4. The van der Waals surface area contributed by atoms with Crippen molar-refractivity contribution in [2.45, 2.75) is 0 Å². The van der Waals surface area contributed by atoms with Gasteiger partial charge in [0.05, 0.1) is 12.5 Å². The molecule has 0 aliphatic heterocycles. The van der Waals surface area contributed by atoms with Crippen LogP contribution in [-0.4, -0.2) is 31.7 Å². The Morgan fingerprint density at radius 2 is 2.40 bits per heavy atom. The van der Waals surface area contributed by atoms with Crippen LogP contribution < -0.4 is 4.74 Å². The second-order valence-electron chi connectivity index (χ2n) is 2.96. The van der Waals surface area contributed by atoms with Gasteiger partial charge in [0.1, 0.15) is 3.70 Å². The second-order valence-corrected chi connectivity index (χ2v) is 3.98. The molecule has 0 unspecified atom stereocenters. The van der Waals surface area contributed by atoms with E-state index in [1.54, 1.807) is 17.7 Å². The Kier molecular flexibility index (Phi) is 1.81. The third-order valence-corrected chi connectivity index (χ3v) is 2.94. The van der Waals surface area contributed by atoms with E-state index in [-0.39, 0.29) is 0 Å². The van der Waals surface area contributed by atoms with Gasteiger partial charge >= 0.3 is 6.01 Å². The van der Waals surface area contributed by atoms with Crippen LogP contribution in [0.1, 0.15) is 0 Å². The van der Waals surface area contributed by atoms with E-state index in [0.29, 0.717) is 11.7 Å². The Morgan fingerprint density at radius 1 is 1.53 bits per heavy atom. The largest absolute Gasteiger partial charge is 0.468 e. The molecular weight excluding hydrogens is 309 g/mol. The van der Waals surface area contributed by atoms with E-state index in [2.05, 4.69) is 42.8 Å². The van der Waals surface area contributed by atoms with Crippen molar-refractivity contribution >= 4 is 39.3 Å². The fourth-order valence-corrected chi connectivity index (χ4v) is 2.14. The summed E-state index contributed by atoms with van der Waals surface area (Å²) in [6, 6.07) is 0.495. The lowest BCUT2D eigenvalue weighted by atomic mass is 10.4. The van der Waals surface area contributed by atoms with Gasteiger partial charge in [0.25, 0.3) is 0 Å². The first-order chi connectivity index (χ1) is 7.31. The highest BCUT2D eigenvalue weighted by atomic mass is 127. The number of aromatic nitrogens is 5. The number of imidazole rings is 1. The fraction of sp³-hybridized carbons (Fsp3) is 0.125. The van der Waals surface area contributed by atoms with Crippen LogP contribution in [0.15, 0.2) is 12.4 Å². The molecule has 3 aromatic heterocycles. The summed E-state index contributed by atoms with van der Waals surface area (Å²) < 4.78 is 7.81. The van der Waals surface area contributed by atoms with Gasteiger partial charge in [-0.05, 0) is 22.6 Å². The minimum absolute atomic E-state index is 0.495. The lowest BCUT2D eigenvalue weighted by Crippen LogP contribution is -1.97. The fourth-order valence-electron chi connectivity index (χ4n) is 1.53. The number of ether oxygens (including phenoxy) is 1. The summed E-state index contributed by atoms with van der Waals surface area (Å²) in [5.41, 5.74) is 1.49. The highest BCUT2D eigenvalue weighted by Gasteiger charge is 2.13. The SMILES string of the molecule is COc1nc2[nH]nc(I)c2c2nccn12. The van der Waals surface area contributed by atoms with Crippen molar-refractivity contribution < 1.29 is 4.74 Å². The molecule has 0 aliphatic carbocycles. The molecule has 6 nitrogen and oxygen atoms in total. The van der Waals surface area contributed by atoms with Crippen LogP contribution in [-0.2, 0) is 0 Å². The van der Waals surface area contributed by atoms with Gasteiger partial charge in [-0.15, -0.1) is 0 Å². The third kappa shape index (κ3) is 1.12. The Balaban J connectivity index is 2.60. The maximum Gasteiger partial charge on any atom is 0.303 e. The predicted molar refractivity (Wildman–Crippen MR) is 61.9 cm³/mol. The van der Waals surface area contributed by atoms with Crippen molar-refractivity contribution in [3.63, 3.8) is 0 Å². The van der Waals surface area contributed by atoms with Crippen LogP contribution >= 0.6 is 22.6 Å². The summed E-state index contributed by atoms with van der Waals surface area (Å²) in [6.45, 7) is 0. The molecule has 1 N–H and O–H groups in total. The smallest absolute Gasteiger partial charge is 0.303 e. The Bertz CT molecular complexity index is 643. The van der Waals surface area contributed by atoms with Gasteiger partial charge < -0.3 is 4.74 Å². The van der Waals surface area contributed by atoms with E-state index < -0.39 is 0 Å². The third-order valence-electron chi connectivity index (χ3n) is 2.16. The molecule has 7 heteroatoms. The number of hydrogen-bond donors (Lipinski definition) is 1. The summed E-state index contributed by atoms with van der Waals surface area (Å²) in [5.74, 6) is 0. The van der Waals surface area contributed by atoms with Crippen LogP contribution in [0.25, 0.3) is 16.7 Å². The van der Waals surface area contributed by atoms with E-state index in [0.717, 1.165) is 14.7 Å². The van der Waals surface area contributed by atoms with E-state index in [9.17, 15) is 0 Å². The van der Waals surface area contributed by atoms with Crippen molar-refractivity contribution in [2.24, 2.45) is 0 Å². The number of rotatable bonds is 1. The maximum atomic E-state index is 5.16. The molecule has 0 radical (unpaired) electrons. The number of H-pyrrole nitrogens is 1. The normalized spacial score (nSPS) is 11.3. The topological polar surface area (TPSA) is 68.1 Å². The summed E-state index contributed by atoms with van der Waals surface area (Å²) in [5, 5.41) is 7.85. The van der Waals surface area contributed by atoms with Crippen LogP contribution in [0.4, 0.5) is 0 Å². The Labute approximate surface area is 97.8 Å². The summed E-state index contributed by atoms with van der Waals surface area (Å²) >= 11 is 2.15. The molecule has 0 atom stereocenters. The van der Waals surface area contributed by atoms with Gasteiger partial charge in [0, 0.05) is 12.4 Å². The first-order valence-electron chi connectivity index (χ1n) is 4.22. The van der Waals surface area contributed by atoms with Crippen molar-refractivity contribution in [1.29, 1.82) is 0 Å². The molecule has 0 aromatic carbocycles. The minimum atomic E-state index is 0.495. The zero-order valence-corrected chi connectivity index (χ0v) is 9.89. The van der Waals surface area contributed by atoms with Crippen LogP contribution in [0, 0.1) is 3.70 Å². The van der Waals surface area contributed by atoms with Crippen LogP contribution in [0.3, 0.4) is 0 Å². The highest BCUT2D eigenvalue weighted by molar-refractivity contribution is 14.1. The maximum absolute atomic E-state index is 5.16. The molecule has 0 fully saturated rings. The molecule has 0 spiro atoms. The summed E-state index contributed by atoms with van der Waals surface area (Å²) in [4.78, 5) is 8.56. The molecule has 3 rings (SSSR count). The van der Waals surface area contributed by atoms with Gasteiger partial charge in [-0.25, -0.2) is 4.98 Å². The average Bonchev–Trinajstić information content (AvgIpc) is 2.83. The average molecular weight is 315 g/mol. The van der Waals surface area contributed by atoms with Gasteiger partial charge in [-0.1, -0.05) is 0 Å². The monoisotopic (exact) mass is 315 g/mol. The number of nitrogens with one attached hydrogen (secondary N) is 1. The van der Waals surface area contributed by atoms with Gasteiger partial charge in [0.15, 0.2) is 11.3 Å². The van der Waals surface area contributed by atoms with E-state index in [4.69, 9.17) is 4.74 Å². The highest BCUT2D eigenvalue weighted by Crippen LogP contribution is 2.23. The zero-order chi connectivity index (χ0) is 10.4. The van der Waals surface area contributed by atoms with Gasteiger partial charge in [-0.2, -0.15) is 10.1 Å². The first-order valence-corrected chi connectivity index (χ1v) is 5.30. The quantitative estimate of drug-likeness (QED) is 0.686. The van der Waals surface area contributed by atoms with E-state index >= 15 is 0 Å². The molecule has 0 saturated carbocycles. The van der Waals surface area contributed by atoms with Crippen molar-refractivity contribution in [1.82, 2.24) is 24.6 Å².